The van der Waals surface area contributed by atoms with Gasteiger partial charge in [-0.1, -0.05) is 31.9 Å². The van der Waals surface area contributed by atoms with Crippen LogP contribution in [-0.4, -0.2) is 25.8 Å². The zero-order chi connectivity index (χ0) is 11.1. The minimum Gasteiger partial charge on any atom is -0.376 e. The molecule has 0 aromatic carbocycles. The lowest BCUT2D eigenvalue weighted by Gasteiger charge is -2.29. The zero-order valence-corrected chi connectivity index (χ0v) is 10.2. The van der Waals surface area contributed by atoms with E-state index in [1.807, 2.05) is 6.92 Å². The molecule has 1 N–H and O–H groups in total. The lowest BCUT2D eigenvalue weighted by molar-refractivity contribution is 0.149. The van der Waals surface area contributed by atoms with Crippen molar-refractivity contribution >= 4 is 0 Å². The van der Waals surface area contributed by atoms with Gasteiger partial charge in [0.05, 0.1) is 13.2 Å². The molecule has 0 amide bonds. The average Bonchev–Trinajstić information content (AvgIpc) is 2.20. The Morgan fingerprint density at radius 2 is 2.13 bits per heavy atom. The van der Waals surface area contributed by atoms with Crippen LogP contribution in [0.15, 0.2) is 12.2 Å². The second-order valence-electron chi connectivity index (χ2n) is 4.83. The van der Waals surface area contributed by atoms with Crippen LogP contribution >= 0.6 is 0 Å². The molecule has 0 heterocycles. The highest BCUT2D eigenvalue weighted by molar-refractivity contribution is 4.87. The first kappa shape index (κ1) is 12.7. The van der Waals surface area contributed by atoms with Crippen LogP contribution in [0.5, 0.6) is 0 Å². The molecule has 0 aromatic heterocycles. The summed E-state index contributed by atoms with van der Waals surface area (Å²) >= 11 is 0. The molecule has 1 saturated carbocycles. The van der Waals surface area contributed by atoms with Gasteiger partial charge in [-0.25, -0.2) is 0 Å². The van der Waals surface area contributed by atoms with Crippen molar-refractivity contribution in [3.63, 3.8) is 0 Å². The van der Waals surface area contributed by atoms with Crippen molar-refractivity contribution in [2.75, 3.05) is 19.8 Å². The average molecular weight is 211 g/mol. The minimum absolute atomic E-state index is 0.696. The van der Waals surface area contributed by atoms with Gasteiger partial charge in [0.15, 0.2) is 0 Å². The first-order valence-electron chi connectivity index (χ1n) is 6.15. The third-order valence-electron chi connectivity index (χ3n) is 3.11. The maximum atomic E-state index is 5.46. The molecule has 0 radical (unpaired) electrons. The molecule has 2 heteroatoms. The number of nitrogens with one attached hydrogen (secondary N) is 1. The molecule has 0 aromatic rings. The summed E-state index contributed by atoms with van der Waals surface area (Å²) in [5.74, 6) is 0.833. The van der Waals surface area contributed by atoms with Crippen molar-refractivity contribution in [2.45, 2.75) is 45.6 Å². The fourth-order valence-electron chi connectivity index (χ4n) is 2.18. The van der Waals surface area contributed by atoms with E-state index in [1.165, 1.54) is 25.7 Å². The van der Waals surface area contributed by atoms with Gasteiger partial charge >= 0.3 is 0 Å². The monoisotopic (exact) mass is 211 g/mol. The fraction of sp³-hybridized carbons (Fsp3) is 0.846. The fourth-order valence-corrected chi connectivity index (χ4v) is 2.18. The van der Waals surface area contributed by atoms with E-state index in [1.54, 1.807) is 0 Å². The third kappa shape index (κ3) is 5.33. The summed E-state index contributed by atoms with van der Waals surface area (Å²) in [5, 5.41) is 3.59. The molecular formula is C13H25NO. The Bertz CT molecular complexity index is 191. The van der Waals surface area contributed by atoms with Crippen LogP contribution < -0.4 is 5.32 Å². The largest absolute Gasteiger partial charge is 0.376 e. The topological polar surface area (TPSA) is 21.3 Å². The molecule has 0 spiro atoms. The van der Waals surface area contributed by atoms with Crippen LogP contribution in [-0.2, 0) is 4.74 Å². The number of ether oxygens (including phenoxy) is 1. The highest BCUT2D eigenvalue weighted by Crippen LogP contribution is 2.23. The van der Waals surface area contributed by atoms with Crippen molar-refractivity contribution in [1.82, 2.24) is 5.32 Å². The van der Waals surface area contributed by atoms with Gasteiger partial charge in [0.25, 0.3) is 0 Å². The van der Waals surface area contributed by atoms with E-state index >= 15 is 0 Å². The molecule has 1 aliphatic rings. The summed E-state index contributed by atoms with van der Waals surface area (Å²) in [6.45, 7) is 10.6. The van der Waals surface area contributed by atoms with Gasteiger partial charge in [-0.3, -0.25) is 0 Å². The Balaban J connectivity index is 2.01. The third-order valence-corrected chi connectivity index (χ3v) is 3.11. The molecule has 2 nitrogen and oxygen atoms in total. The van der Waals surface area contributed by atoms with E-state index in [0.29, 0.717) is 12.6 Å². The zero-order valence-electron chi connectivity index (χ0n) is 10.2. The van der Waals surface area contributed by atoms with E-state index < -0.39 is 0 Å². The van der Waals surface area contributed by atoms with Gasteiger partial charge in [-0.2, -0.15) is 0 Å². The van der Waals surface area contributed by atoms with Gasteiger partial charge in [0, 0.05) is 12.6 Å². The van der Waals surface area contributed by atoms with Gasteiger partial charge in [0.2, 0.25) is 0 Å². The SMILES string of the molecule is C=C(C)COCCNC1CCCCC1C. The van der Waals surface area contributed by atoms with Crippen molar-refractivity contribution in [1.29, 1.82) is 0 Å². The van der Waals surface area contributed by atoms with Crippen molar-refractivity contribution in [2.24, 2.45) is 5.92 Å². The van der Waals surface area contributed by atoms with Crippen molar-refractivity contribution in [3.05, 3.63) is 12.2 Å². The van der Waals surface area contributed by atoms with E-state index in [4.69, 9.17) is 4.74 Å². The molecule has 1 rings (SSSR count). The van der Waals surface area contributed by atoms with E-state index in [2.05, 4.69) is 18.8 Å². The van der Waals surface area contributed by atoms with Crippen molar-refractivity contribution in [3.8, 4) is 0 Å². The van der Waals surface area contributed by atoms with E-state index in [9.17, 15) is 0 Å². The Morgan fingerprint density at radius 1 is 1.40 bits per heavy atom. The van der Waals surface area contributed by atoms with Crippen LogP contribution in [0, 0.1) is 5.92 Å². The van der Waals surface area contributed by atoms with Gasteiger partial charge in [-0.15, -0.1) is 0 Å². The Hall–Kier alpha value is -0.340. The highest BCUT2D eigenvalue weighted by atomic mass is 16.5. The van der Waals surface area contributed by atoms with Crippen LogP contribution in [0.25, 0.3) is 0 Å². The number of hydrogen-bond donors (Lipinski definition) is 1. The minimum atomic E-state index is 0.696. The molecule has 0 bridgehead atoms. The molecule has 0 saturated heterocycles. The molecule has 88 valence electrons. The Labute approximate surface area is 94.1 Å². The predicted octanol–water partition coefficient (Wildman–Crippen LogP) is 2.75. The lowest BCUT2D eigenvalue weighted by Crippen LogP contribution is -2.38. The van der Waals surface area contributed by atoms with Crippen LogP contribution in [0.2, 0.25) is 0 Å². The molecule has 1 aliphatic carbocycles. The Morgan fingerprint density at radius 3 is 2.80 bits per heavy atom. The molecule has 15 heavy (non-hydrogen) atoms. The maximum Gasteiger partial charge on any atom is 0.0672 e. The summed E-state index contributed by atoms with van der Waals surface area (Å²) < 4.78 is 5.46. The smallest absolute Gasteiger partial charge is 0.0672 e. The standard InChI is InChI=1S/C13H25NO/c1-11(2)10-15-9-8-14-13-7-5-4-6-12(13)3/h12-14H,1,4-10H2,2-3H3. The second-order valence-corrected chi connectivity index (χ2v) is 4.83. The molecule has 2 atom stereocenters. The molecule has 0 aliphatic heterocycles. The van der Waals surface area contributed by atoms with Crippen LogP contribution in [0.3, 0.4) is 0 Å². The quantitative estimate of drug-likeness (QED) is 0.539. The molecule has 1 fully saturated rings. The van der Waals surface area contributed by atoms with Crippen molar-refractivity contribution < 1.29 is 4.74 Å². The predicted molar refractivity (Wildman–Crippen MR) is 65.1 cm³/mol. The van der Waals surface area contributed by atoms with Gasteiger partial charge in [-0.05, 0) is 25.7 Å². The van der Waals surface area contributed by atoms with Crippen LogP contribution in [0.4, 0.5) is 0 Å². The normalized spacial score (nSPS) is 26.5. The summed E-state index contributed by atoms with van der Waals surface area (Å²) in [7, 11) is 0. The summed E-state index contributed by atoms with van der Waals surface area (Å²) in [4.78, 5) is 0. The van der Waals surface area contributed by atoms with Gasteiger partial charge < -0.3 is 10.1 Å². The summed E-state index contributed by atoms with van der Waals surface area (Å²) in [6.07, 6.45) is 5.51. The Kier molecular flexibility index (Phi) is 5.96. The van der Waals surface area contributed by atoms with E-state index in [-0.39, 0.29) is 0 Å². The lowest BCUT2D eigenvalue weighted by atomic mass is 9.86. The highest BCUT2D eigenvalue weighted by Gasteiger charge is 2.19. The molecule has 2 unspecified atom stereocenters. The molecular weight excluding hydrogens is 186 g/mol. The maximum absolute atomic E-state index is 5.46. The summed E-state index contributed by atoms with van der Waals surface area (Å²) in [5.41, 5.74) is 1.10. The van der Waals surface area contributed by atoms with E-state index in [0.717, 1.165) is 24.6 Å². The second kappa shape index (κ2) is 7.02. The first-order valence-corrected chi connectivity index (χ1v) is 6.15. The first-order chi connectivity index (χ1) is 7.20. The number of hydrogen-bond acceptors (Lipinski definition) is 2. The van der Waals surface area contributed by atoms with Gasteiger partial charge in [0.1, 0.15) is 0 Å². The van der Waals surface area contributed by atoms with Crippen LogP contribution in [0.1, 0.15) is 39.5 Å². The number of rotatable bonds is 6. The summed E-state index contributed by atoms with van der Waals surface area (Å²) in [6, 6.07) is 0.715.